The van der Waals surface area contributed by atoms with E-state index in [1.165, 1.54) is 24.8 Å². The molecule has 1 aromatic carbocycles. The van der Waals surface area contributed by atoms with Crippen LogP contribution in [0.15, 0.2) is 30.3 Å². The molecular formula is C23H37Cl2N3O. The molecule has 1 aromatic rings. The van der Waals surface area contributed by atoms with Crippen molar-refractivity contribution in [2.75, 3.05) is 13.1 Å². The summed E-state index contributed by atoms with van der Waals surface area (Å²) in [5.41, 5.74) is 7.76. The summed E-state index contributed by atoms with van der Waals surface area (Å²) in [5, 5.41) is 3.39. The fraction of sp³-hybridized carbons (Fsp3) is 0.696. The second-order valence-electron chi connectivity index (χ2n) is 9.10. The highest BCUT2D eigenvalue weighted by atomic mass is 35.5. The zero-order chi connectivity index (χ0) is 18.8. The molecule has 29 heavy (non-hydrogen) atoms. The Morgan fingerprint density at radius 1 is 1.03 bits per heavy atom. The fourth-order valence-electron chi connectivity index (χ4n) is 5.70. The number of benzene rings is 1. The minimum atomic E-state index is 0. The minimum Gasteiger partial charge on any atom is -0.353 e. The fourth-order valence-corrected chi connectivity index (χ4v) is 5.70. The predicted molar refractivity (Wildman–Crippen MR) is 124 cm³/mol. The number of fused-ring (bicyclic) bond motifs is 2. The molecule has 0 radical (unpaired) electrons. The maximum Gasteiger partial charge on any atom is 0.223 e. The van der Waals surface area contributed by atoms with Crippen LogP contribution in [-0.2, 0) is 4.79 Å². The molecule has 1 amide bonds. The number of likely N-dealkylation sites (tertiary alicyclic amines) is 1. The molecule has 1 saturated heterocycles. The van der Waals surface area contributed by atoms with Gasteiger partial charge in [0.1, 0.15) is 0 Å². The van der Waals surface area contributed by atoms with E-state index in [4.69, 9.17) is 5.73 Å². The van der Waals surface area contributed by atoms with E-state index in [9.17, 15) is 4.79 Å². The lowest BCUT2D eigenvalue weighted by Crippen LogP contribution is -2.51. The van der Waals surface area contributed by atoms with E-state index in [2.05, 4.69) is 47.5 Å². The Balaban J connectivity index is 0.00000150. The normalized spacial score (nSPS) is 31.1. The first-order valence-electron chi connectivity index (χ1n) is 11.0. The van der Waals surface area contributed by atoms with Crippen molar-refractivity contribution in [1.29, 1.82) is 0 Å². The average Bonchev–Trinajstić information content (AvgIpc) is 2.68. The van der Waals surface area contributed by atoms with Crippen molar-refractivity contribution < 1.29 is 4.79 Å². The molecule has 0 aromatic heterocycles. The van der Waals surface area contributed by atoms with Crippen LogP contribution in [0.25, 0.3) is 0 Å². The van der Waals surface area contributed by atoms with Crippen LogP contribution in [0.3, 0.4) is 0 Å². The molecule has 1 heterocycles. The summed E-state index contributed by atoms with van der Waals surface area (Å²) < 4.78 is 0. The first-order valence-corrected chi connectivity index (χ1v) is 11.0. The van der Waals surface area contributed by atoms with Crippen molar-refractivity contribution in [1.82, 2.24) is 10.2 Å². The molecular weight excluding hydrogens is 405 g/mol. The molecule has 1 aliphatic heterocycles. The van der Waals surface area contributed by atoms with Gasteiger partial charge in [-0.1, -0.05) is 36.8 Å². The van der Waals surface area contributed by atoms with Gasteiger partial charge in [-0.2, -0.15) is 0 Å². The molecule has 0 spiro atoms. The van der Waals surface area contributed by atoms with Gasteiger partial charge in [0.05, 0.1) is 0 Å². The van der Waals surface area contributed by atoms with Gasteiger partial charge in [-0.05, 0) is 62.8 Å². The SMILES string of the molecule is CC(c1ccccc1)N1CCC(NC(=O)C2CC3CCCC(C2)C3N)CC1.Cl.Cl. The molecule has 3 fully saturated rings. The monoisotopic (exact) mass is 441 g/mol. The largest absolute Gasteiger partial charge is 0.353 e. The van der Waals surface area contributed by atoms with Gasteiger partial charge >= 0.3 is 0 Å². The summed E-state index contributed by atoms with van der Waals surface area (Å²) in [7, 11) is 0. The van der Waals surface area contributed by atoms with Crippen LogP contribution < -0.4 is 11.1 Å². The van der Waals surface area contributed by atoms with E-state index in [0.717, 1.165) is 38.8 Å². The zero-order valence-electron chi connectivity index (χ0n) is 17.5. The predicted octanol–water partition coefficient (Wildman–Crippen LogP) is 4.33. The number of nitrogens with one attached hydrogen (secondary N) is 1. The van der Waals surface area contributed by atoms with E-state index in [0.29, 0.717) is 35.9 Å². The van der Waals surface area contributed by atoms with Gasteiger partial charge in [0.25, 0.3) is 0 Å². The number of halogens is 2. The maximum atomic E-state index is 12.9. The lowest BCUT2D eigenvalue weighted by atomic mass is 9.65. The molecule has 3 aliphatic rings. The summed E-state index contributed by atoms with van der Waals surface area (Å²) >= 11 is 0. The molecule has 4 rings (SSSR count). The number of amides is 1. The van der Waals surface area contributed by atoms with Crippen LogP contribution >= 0.6 is 24.8 Å². The molecule has 2 aliphatic carbocycles. The van der Waals surface area contributed by atoms with E-state index in [1.54, 1.807) is 0 Å². The zero-order valence-corrected chi connectivity index (χ0v) is 19.1. The van der Waals surface area contributed by atoms with E-state index >= 15 is 0 Å². The van der Waals surface area contributed by atoms with Crippen molar-refractivity contribution in [2.24, 2.45) is 23.5 Å². The number of rotatable bonds is 4. The lowest BCUT2D eigenvalue weighted by Gasteiger charge is -2.44. The highest BCUT2D eigenvalue weighted by Gasteiger charge is 2.41. The van der Waals surface area contributed by atoms with Crippen LogP contribution in [0.1, 0.15) is 63.5 Å². The molecule has 6 heteroatoms. The van der Waals surface area contributed by atoms with E-state index in [-0.39, 0.29) is 30.7 Å². The van der Waals surface area contributed by atoms with Crippen LogP contribution in [0.4, 0.5) is 0 Å². The number of nitrogens with zero attached hydrogens (tertiary/aromatic N) is 1. The molecule has 2 bridgehead atoms. The number of piperidine rings is 1. The number of nitrogens with two attached hydrogens (primary N) is 1. The lowest BCUT2D eigenvalue weighted by molar-refractivity contribution is -0.129. The van der Waals surface area contributed by atoms with Crippen molar-refractivity contribution in [3.05, 3.63) is 35.9 Å². The highest BCUT2D eigenvalue weighted by molar-refractivity contribution is 5.85. The summed E-state index contributed by atoms with van der Waals surface area (Å²) in [6.45, 7) is 4.40. The Morgan fingerprint density at radius 2 is 1.62 bits per heavy atom. The summed E-state index contributed by atoms with van der Waals surface area (Å²) in [6.07, 6.45) is 7.87. The quantitative estimate of drug-likeness (QED) is 0.730. The molecule has 164 valence electrons. The third-order valence-electron chi connectivity index (χ3n) is 7.49. The highest BCUT2D eigenvalue weighted by Crippen LogP contribution is 2.42. The van der Waals surface area contributed by atoms with Gasteiger partial charge in [-0.15, -0.1) is 24.8 Å². The number of carbonyl (C=O) groups excluding carboxylic acids is 1. The minimum absolute atomic E-state index is 0. The summed E-state index contributed by atoms with van der Waals surface area (Å²) in [4.78, 5) is 15.4. The third kappa shape index (κ3) is 5.66. The van der Waals surface area contributed by atoms with E-state index < -0.39 is 0 Å². The van der Waals surface area contributed by atoms with Crippen molar-refractivity contribution >= 4 is 30.7 Å². The van der Waals surface area contributed by atoms with Gasteiger partial charge in [-0.25, -0.2) is 0 Å². The third-order valence-corrected chi connectivity index (χ3v) is 7.49. The van der Waals surface area contributed by atoms with Crippen LogP contribution in [0, 0.1) is 17.8 Å². The number of hydrogen-bond acceptors (Lipinski definition) is 3. The van der Waals surface area contributed by atoms with Crippen LogP contribution in [0.5, 0.6) is 0 Å². The van der Waals surface area contributed by atoms with Crippen molar-refractivity contribution in [3.8, 4) is 0 Å². The first kappa shape index (κ1) is 24.5. The van der Waals surface area contributed by atoms with Crippen molar-refractivity contribution in [3.63, 3.8) is 0 Å². The van der Waals surface area contributed by atoms with Crippen molar-refractivity contribution in [2.45, 2.75) is 70.0 Å². The molecule has 3 atom stereocenters. The van der Waals surface area contributed by atoms with Gasteiger partial charge in [0.2, 0.25) is 5.91 Å². The second-order valence-corrected chi connectivity index (χ2v) is 9.10. The summed E-state index contributed by atoms with van der Waals surface area (Å²) in [6, 6.07) is 11.9. The smallest absolute Gasteiger partial charge is 0.223 e. The Kier molecular flexibility index (Phi) is 9.27. The molecule has 3 unspecified atom stereocenters. The van der Waals surface area contributed by atoms with Gasteiger partial charge in [0.15, 0.2) is 0 Å². The van der Waals surface area contributed by atoms with Gasteiger partial charge < -0.3 is 11.1 Å². The van der Waals surface area contributed by atoms with Crippen LogP contribution in [-0.4, -0.2) is 36.0 Å². The first-order chi connectivity index (χ1) is 13.1. The molecule has 3 N–H and O–H groups in total. The maximum absolute atomic E-state index is 12.9. The Hall–Kier alpha value is -0.810. The number of hydrogen-bond donors (Lipinski definition) is 2. The topological polar surface area (TPSA) is 58.4 Å². The Labute approximate surface area is 188 Å². The second kappa shape index (κ2) is 11.0. The number of carbonyl (C=O) groups is 1. The Bertz CT molecular complexity index is 622. The average molecular weight is 442 g/mol. The summed E-state index contributed by atoms with van der Waals surface area (Å²) in [5.74, 6) is 1.64. The Morgan fingerprint density at radius 3 is 2.21 bits per heavy atom. The van der Waals surface area contributed by atoms with E-state index in [1.807, 2.05) is 0 Å². The molecule has 2 saturated carbocycles. The van der Waals surface area contributed by atoms with Gasteiger partial charge in [-0.3, -0.25) is 9.69 Å². The van der Waals surface area contributed by atoms with Gasteiger partial charge in [0, 0.05) is 37.1 Å². The molecule has 4 nitrogen and oxygen atoms in total. The standard InChI is InChI=1S/C23H35N3O.2ClH/c1-16(17-6-3-2-4-7-17)26-12-10-21(11-13-26)25-23(27)20-14-18-8-5-9-19(15-20)22(18)24;;/h2-4,6-7,16,18-22H,5,8-15,24H2,1H3,(H,25,27);2*1H. The van der Waals surface area contributed by atoms with Crippen LogP contribution in [0.2, 0.25) is 0 Å².